The van der Waals surface area contributed by atoms with E-state index in [2.05, 4.69) is 35.2 Å². The summed E-state index contributed by atoms with van der Waals surface area (Å²) in [5, 5.41) is 0. The van der Waals surface area contributed by atoms with Gasteiger partial charge >= 0.3 is 0 Å². The SMILES string of the molecule is CC1=C2CCN(Cc3ccccc3)C[C@@H]2CCC1=O. The Labute approximate surface area is 115 Å². The van der Waals surface area contributed by atoms with Crippen LogP contribution in [-0.2, 0) is 11.3 Å². The highest BCUT2D eigenvalue weighted by molar-refractivity contribution is 5.96. The Hall–Kier alpha value is -1.41. The first-order valence-electron chi connectivity index (χ1n) is 7.23. The fraction of sp³-hybridized carbons (Fsp3) is 0.471. The van der Waals surface area contributed by atoms with E-state index in [0.29, 0.717) is 11.7 Å². The van der Waals surface area contributed by atoms with Crippen molar-refractivity contribution in [3.8, 4) is 0 Å². The van der Waals surface area contributed by atoms with Gasteiger partial charge in [-0.15, -0.1) is 0 Å². The monoisotopic (exact) mass is 255 g/mol. The number of ketones is 1. The van der Waals surface area contributed by atoms with Crippen molar-refractivity contribution >= 4 is 5.78 Å². The molecule has 19 heavy (non-hydrogen) atoms. The molecule has 1 fully saturated rings. The van der Waals surface area contributed by atoms with Crippen LogP contribution in [0, 0.1) is 5.92 Å². The number of benzene rings is 1. The van der Waals surface area contributed by atoms with Gasteiger partial charge in [0, 0.05) is 26.1 Å². The first-order valence-corrected chi connectivity index (χ1v) is 7.23. The van der Waals surface area contributed by atoms with Crippen LogP contribution < -0.4 is 0 Å². The Morgan fingerprint density at radius 3 is 2.79 bits per heavy atom. The summed E-state index contributed by atoms with van der Waals surface area (Å²) in [5.41, 5.74) is 3.90. The average molecular weight is 255 g/mol. The van der Waals surface area contributed by atoms with Gasteiger partial charge in [-0.2, -0.15) is 0 Å². The summed E-state index contributed by atoms with van der Waals surface area (Å²) in [6, 6.07) is 10.7. The lowest BCUT2D eigenvalue weighted by molar-refractivity contribution is -0.116. The summed E-state index contributed by atoms with van der Waals surface area (Å²) in [7, 11) is 0. The molecule has 1 aliphatic carbocycles. The van der Waals surface area contributed by atoms with Gasteiger partial charge in [-0.05, 0) is 36.8 Å². The van der Waals surface area contributed by atoms with Crippen LogP contribution in [-0.4, -0.2) is 23.8 Å². The first kappa shape index (κ1) is 12.6. The Bertz CT molecular complexity index is 503. The summed E-state index contributed by atoms with van der Waals surface area (Å²) in [6.07, 6.45) is 2.88. The van der Waals surface area contributed by atoms with Crippen LogP contribution in [0.2, 0.25) is 0 Å². The number of carbonyl (C=O) groups is 1. The van der Waals surface area contributed by atoms with Crippen molar-refractivity contribution in [2.45, 2.75) is 32.7 Å². The van der Waals surface area contributed by atoms with Crippen LogP contribution in [0.5, 0.6) is 0 Å². The second kappa shape index (κ2) is 5.30. The summed E-state index contributed by atoms with van der Waals surface area (Å²) in [4.78, 5) is 14.3. The number of hydrogen-bond donors (Lipinski definition) is 0. The van der Waals surface area contributed by atoms with Gasteiger partial charge < -0.3 is 0 Å². The smallest absolute Gasteiger partial charge is 0.158 e. The van der Waals surface area contributed by atoms with Gasteiger partial charge in [-0.1, -0.05) is 35.9 Å². The summed E-state index contributed by atoms with van der Waals surface area (Å²) >= 11 is 0. The Morgan fingerprint density at radius 1 is 1.21 bits per heavy atom. The maximum Gasteiger partial charge on any atom is 0.158 e. The third-order valence-electron chi connectivity index (χ3n) is 4.54. The third-order valence-corrected chi connectivity index (χ3v) is 4.54. The van der Waals surface area contributed by atoms with Crippen molar-refractivity contribution in [1.82, 2.24) is 4.90 Å². The summed E-state index contributed by atoms with van der Waals surface area (Å²) < 4.78 is 0. The van der Waals surface area contributed by atoms with E-state index in [1.54, 1.807) is 0 Å². The van der Waals surface area contributed by atoms with Crippen LogP contribution in [0.15, 0.2) is 41.5 Å². The molecule has 2 heteroatoms. The predicted octanol–water partition coefficient (Wildman–Crippen LogP) is 3.19. The van der Waals surface area contributed by atoms with Gasteiger partial charge in [0.15, 0.2) is 5.78 Å². The number of fused-ring (bicyclic) bond motifs is 1. The Balaban J connectivity index is 1.69. The minimum Gasteiger partial charge on any atom is -0.298 e. The van der Waals surface area contributed by atoms with Crippen LogP contribution in [0.1, 0.15) is 31.7 Å². The molecule has 0 spiro atoms. The molecule has 1 aromatic rings. The molecule has 0 N–H and O–H groups in total. The second-order valence-electron chi connectivity index (χ2n) is 5.78. The quantitative estimate of drug-likeness (QED) is 0.809. The summed E-state index contributed by atoms with van der Waals surface area (Å²) in [6.45, 7) is 5.27. The minimum atomic E-state index is 0.378. The average Bonchev–Trinajstić information content (AvgIpc) is 2.44. The van der Waals surface area contributed by atoms with Gasteiger partial charge in [-0.3, -0.25) is 9.69 Å². The highest BCUT2D eigenvalue weighted by Gasteiger charge is 2.30. The fourth-order valence-electron chi connectivity index (χ4n) is 3.41. The molecule has 3 rings (SSSR count). The van der Waals surface area contributed by atoms with Crippen LogP contribution in [0.3, 0.4) is 0 Å². The van der Waals surface area contributed by atoms with E-state index in [4.69, 9.17) is 0 Å². The lowest BCUT2D eigenvalue weighted by Crippen LogP contribution is -2.38. The molecular weight excluding hydrogens is 234 g/mol. The number of nitrogens with zero attached hydrogens (tertiary/aromatic N) is 1. The Morgan fingerprint density at radius 2 is 2.00 bits per heavy atom. The van der Waals surface area contributed by atoms with Crippen LogP contribution in [0.4, 0.5) is 0 Å². The van der Waals surface area contributed by atoms with Gasteiger partial charge in [0.25, 0.3) is 0 Å². The van der Waals surface area contributed by atoms with Crippen molar-refractivity contribution in [1.29, 1.82) is 0 Å². The van der Waals surface area contributed by atoms with Crippen LogP contribution >= 0.6 is 0 Å². The van der Waals surface area contributed by atoms with Gasteiger partial charge in [0.2, 0.25) is 0 Å². The lowest BCUT2D eigenvalue weighted by Gasteiger charge is -2.37. The number of allylic oxidation sites excluding steroid dienone is 1. The first-order chi connectivity index (χ1) is 9.24. The van der Waals surface area contributed by atoms with E-state index < -0.39 is 0 Å². The standard InChI is InChI=1S/C17H21NO/c1-13-16-9-10-18(11-14-5-3-2-4-6-14)12-15(16)7-8-17(13)19/h2-6,15H,7-12H2,1H3/t15-/m0/s1. The second-order valence-corrected chi connectivity index (χ2v) is 5.78. The van der Waals surface area contributed by atoms with Gasteiger partial charge in [0.05, 0.1) is 0 Å². The van der Waals surface area contributed by atoms with Gasteiger partial charge in [-0.25, -0.2) is 0 Å². The molecule has 0 radical (unpaired) electrons. The topological polar surface area (TPSA) is 20.3 Å². The zero-order valence-corrected chi connectivity index (χ0v) is 11.6. The predicted molar refractivity (Wildman–Crippen MR) is 76.8 cm³/mol. The maximum atomic E-state index is 11.8. The molecule has 0 saturated carbocycles. The normalized spacial score (nSPS) is 24.5. The van der Waals surface area contributed by atoms with Gasteiger partial charge in [0.1, 0.15) is 0 Å². The summed E-state index contributed by atoms with van der Waals surface area (Å²) in [5.74, 6) is 0.998. The number of Topliss-reactive ketones (excluding diaryl/α,β-unsaturated/α-hetero) is 1. The molecular formula is C17H21NO. The Kier molecular flexibility index (Phi) is 3.52. The number of rotatable bonds is 2. The van der Waals surface area contributed by atoms with E-state index in [-0.39, 0.29) is 0 Å². The van der Waals surface area contributed by atoms with Crippen molar-refractivity contribution < 1.29 is 4.79 Å². The third kappa shape index (κ3) is 2.64. The molecule has 2 nitrogen and oxygen atoms in total. The zero-order valence-electron chi connectivity index (χ0n) is 11.6. The van der Waals surface area contributed by atoms with Crippen molar-refractivity contribution in [2.75, 3.05) is 13.1 Å². The zero-order chi connectivity index (χ0) is 13.2. The van der Waals surface area contributed by atoms with E-state index >= 15 is 0 Å². The molecule has 0 unspecified atom stereocenters. The lowest BCUT2D eigenvalue weighted by atomic mass is 9.78. The molecule has 100 valence electrons. The molecule has 1 aromatic carbocycles. The molecule has 1 saturated heterocycles. The molecule has 2 aliphatic rings. The van der Waals surface area contributed by atoms with E-state index in [1.165, 1.54) is 11.1 Å². The van der Waals surface area contributed by atoms with E-state index in [9.17, 15) is 4.79 Å². The molecule has 1 heterocycles. The highest BCUT2D eigenvalue weighted by atomic mass is 16.1. The molecule has 1 aliphatic heterocycles. The highest BCUT2D eigenvalue weighted by Crippen LogP contribution is 2.34. The number of hydrogen-bond acceptors (Lipinski definition) is 2. The molecule has 0 aromatic heterocycles. The van der Waals surface area contributed by atoms with Crippen molar-refractivity contribution in [3.63, 3.8) is 0 Å². The fourth-order valence-corrected chi connectivity index (χ4v) is 3.41. The number of carbonyl (C=O) groups excluding carboxylic acids is 1. The largest absolute Gasteiger partial charge is 0.298 e. The van der Waals surface area contributed by atoms with Crippen molar-refractivity contribution in [3.05, 3.63) is 47.0 Å². The van der Waals surface area contributed by atoms with E-state index in [0.717, 1.165) is 44.5 Å². The molecule has 0 bridgehead atoms. The van der Waals surface area contributed by atoms with Crippen molar-refractivity contribution in [2.24, 2.45) is 5.92 Å². The number of piperidine rings is 1. The minimum absolute atomic E-state index is 0.378. The molecule has 1 atom stereocenters. The number of likely N-dealkylation sites (tertiary alicyclic amines) is 1. The molecule has 0 amide bonds. The maximum absolute atomic E-state index is 11.8. The van der Waals surface area contributed by atoms with E-state index in [1.807, 2.05) is 6.92 Å². The van der Waals surface area contributed by atoms with Crippen LogP contribution in [0.25, 0.3) is 0 Å².